The van der Waals surface area contributed by atoms with E-state index in [0.717, 1.165) is 10.0 Å². The molecule has 2 amide bonds. The number of imide groups is 1. The maximum Gasteiger partial charge on any atom is 0.257 e. The minimum atomic E-state index is -0.255. The van der Waals surface area contributed by atoms with Crippen LogP contribution in [0.15, 0.2) is 39.9 Å². The first-order chi connectivity index (χ1) is 8.43. The molecule has 0 saturated carbocycles. The van der Waals surface area contributed by atoms with Gasteiger partial charge in [-0.15, -0.1) is 0 Å². The number of hydrogen-bond donors (Lipinski definition) is 0. The number of rotatable bonds is 2. The molecule has 18 heavy (non-hydrogen) atoms. The first-order valence-electron chi connectivity index (χ1n) is 5.74. The van der Waals surface area contributed by atoms with E-state index in [1.165, 1.54) is 4.90 Å². The van der Waals surface area contributed by atoms with Crippen molar-refractivity contribution >= 4 is 27.7 Å². The normalized spacial score (nSPS) is 17.7. The molecule has 0 N–H and O–H groups in total. The van der Waals surface area contributed by atoms with E-state index in [9.17, 15) is 9.59 Å². The molecule has 3 nitrogen and oxygen atoms in total. The molecular weight excluding hydrogens is 294 g/mol. The zero-order valence-corrected chi connectivity index (χ0v) is 12.1. The Morgan fingerprint density at radius 1 is 1.11 bits per heavy atom. The molecule has 0 radical (unpaired) electrons. The van der Waals surface area contributed by atoms with E-state index >= 15 is 0 Å². The van der Waals surface area contributed by atoms with Crippen LogP contribution in [0.4, 0.5) is 0 Å². The summed E-state index contributed by atoms with van der Waals surface area (Å²) in [6, 6.07) is 7.40. The molecule has 1 atom stereocenters. The number of carbonyl (C=O) groups is 2. The highest BCUT2D eigenvalue weighted by Crippen LogP contribution is 2.30. The highest BCUT2D eigenvalue weighted by molar-refractivity contribution is 9.10. The fourth-order valence-electron chi connectivity index (χ4n) is 2.04. The van der Waals surface area contributed by atoms with Crippen LogP contribution in [0.3, 0.4) is 0 Å². The van der Waals surface area contributed by atoms with Crippen molar-refractivity contribution < 1.29 is 9.59 Å². The van der Waals surface area contributed by atoms with Crippen molar-refractivity contribution in [3.8, 4) is 0 Å². The maximum absolute atomic E-state index is 12.1. The third-order valence-electron chi connectivity index (χ3n) is 3.36. The quantitative estimate of drug-likeness (QED) is 0.787. The maximum atomic E-state index is 12.1. The lowest BCUT2D eigenvalue weighted by molar-refractivity contribution is -0.140. The van der Waals surface area contributed by atoms with Crippen LogP contribution >= 0.6 is 15.9 Å². The number of nitrogens with zero attached hydrogens (tertiary/aromatic N) is 1. The van der Waals surface area contributed by atoms with Gasteiger partial charge in [0.15, 0.2) is 0 Å². The molecule has 1 aliphatic heterocycles. The Hall–Kier alpha value is -1.42. The summed E-state index contributed by atoms with van der Waals surface area (Å²) in [7, 11) is 0. The lowest BCUT2D eigenvalue weighted by Gasteiger charge is -2.23. The van der Waals surface area contributed by atoms with Gasteiger partial charge in [0.25, 0.3) is 11.8 Å². The Morgan fingerprint density at radius 3 is 2.17 bits per heavy atom. The van der Waals surface area contributed by atoms with Crippen molar-refractivity contribution in [2.24, 2.45) is 0 Å². The molecule has 1 heterocycles. The molecule has 1 aliphatic rings. The first kappa shape index (κ1) is 13.0. The molecule has 4 heteroatoms. The zero-order valence-electron chi connectivity index (χ0n) is 10.5. The third-order valence-corrected chi connectivity index (χ3v) is 3.85. The summed E-state index contributed by atoms with van der Waals surface area (Å²) in [5, 5.41) is 0. The summed E-state index contributed by atoms with van der Waals surface area (Å²) in [6.07, 6.45) is 0. The van der Waals surface area contributed by atoms with Crippen molar-refractivity contribution in [2.75, 3.05) is 0 Å². The summed E-state index contributed by atoms with van der Waals surface area (Å²) in [5.74, 6) is -0.380. The van der Waals surface area contributed by atoms with Crippen molar-refractivity contribution in [3.63, 3.8) is 0 Å². The Kier molecular flexibility index (Phi) is 3.39. The monoisotopic (exact) mass is 307 g/mol. The number of amides is 2. The molecule has 94 valence electrons. The van der Waals surface area contributed by atoms with Crippen LogP contribution in [0.1, 0.15) is 32.4 Å². The summed E-state index contributed by atoms with van der Waals surface area (Å²) in [4.78, 5) is 25.4. The number of carbonyl (C=O) groups excluding carboxylic acids is 2. The van der Waals surface area contributed by atoms with E-state index in [1.807, 2.05) is 31.2 Å². The van der Waals surface area contributed by atoms with Gasteiger partial charge in [-0.05, 0) is 38.5 Å². The van der Waals surface area contributed by atoms with Crippen LogP contribution in [0.5, 0.6) is 0 Å². The van der Waals surface area contributed by atoms with Gasteiger partial charge >= 0.3 is 0 Å². The molecule has 0 fully saturated rings. The van der Waals surface area contributed by atoms with Gasteiger partial charge in [-0.1, -0.05) is 28.1 Å². The Labute approximate surface area is 115 Å². The number of halogens is 1. The average Bonchev–Trinajstić information content (AvgIpc) is 2.53. The standard InChI is InChI=1S/C14H14BrNO2/c1-8-9(2)14(18)16(13(8)17)10(3)11-5-4-6-12(15)7-11/h4-7,10H,1-3H3. The van der Waals surface area contributed by atoms with Gasteiger partial charge in [-0.25, -0.2) is 0 Å². The van der Waals surface area contributed by atoms with E-state index < -0.39 is 0 Å². The largest absolute Gasteiger partial charge is 0.269 e. The highest BCUT2D eigenvalue weighted by Gasteiger charge is 2.36. The average molecular weight is 308 g/mol. The van der Waals surface area contributed by atoms with Gasteiger partial charge < -0.3 is 0 Å². The lowest BCUT2D eigenvalue weighted by Crippen LogP contribution is -2.34. The van der Waals surface area contributed by atoms with Gasteiger partial charge in [0.2, 0.25) is 0 Å². The van der Waals surface area contributed by atoms with Crippen molar-refractivity contribution in [1.29, 1.82) is 0 Å². The minimum Gasteiger partial charge on any atom is -0.269 e. The van der Waals surface area contributed by atoms with Crippen LogP contribution in [0, 0.1) is 0 Å². The predicted octanol–water partition coefficient (Wildman–Crippen LogP) is 3.22. The highest BCUT2D eigenvalue weighted by atomic mass is 79.9. The van der Waals surface area contributed by atoms with Crippen molar-refractivity contribution in [2.45, 2.75) is 26.8 Å². The summed E-state index contributed by atoms with van der Waals surface area (Å²) >= 11 is 3.39. The Bertz CT molecular complexity index is 539. The Morgan fingerprint density at radius 2 is 1.67 bits per heavy atom. The molecule has 1 unspecified atom stereocenters. The summed E-state index contributed by atoms with van der Waals surface area (Å²) < 4.78 is 0.937. The summed E-state index contributed by atoms with van der Waals surface area (Å²) in [6.45, 7) is 5.26. The van der Waals surface area contributed by atoms with Crippen molar-refractivity contribution in [1.82, 2.24) is 4.90 Å². The molecule has 1 aromatic rings. The number of benzene rings is 1. The van der Waals surface area contributed by atoms with Gasteiger partial charge in [-0.3, -0.25) is 14.5 Å². The molecule has 1 aromatic carbocycles. The lowest BCUT2D eigenvalue weighted by atomic mass is 10.1. The van der Waals surface area contributed by atoms with E-state index in [4.69, 9.17) is 0 Å². The van der Waals surface area contributed by atoms with E-state index in [0.29, 0.717) is 11.1 Å². The summed E-state index contributed by atoms with van der Waals surface area (Å²) in [5.41, 5.74) is 2.03. The van der Waals surface area contributed by atoms with Crippen LogP contribution in [0.2, 0.25) is 0 Å². The molecule has 0 spiro atoms. The molecule has 2 rings (SSSR count). The fourth-order valence-corrected chi connectivity index (χ4v) is 2.46. The van der Waals surface area contributed by atoms with Gasteiger partial charge in [0.1, 0.15) is 0 Å². The van der Waals surface area contributed by atoms with Gasteiger partial charge in [0.05, 0.1) is 6.04 Å². The van der Waals surface area contributed by atoms with Crippen LogP contribution in [0.25, 0.3) is 0 Å². The topological polar surface area (TPSA) is 37.4 Å². The van der Waals surface area contributed by atoms with Crippen molar-refractivity contribution in [3.05, 3.63) is 45.4 Å². The fraction of sp³-hybridized carbons (Fsp3) is 0.286. The molecule has 0 aliphatic carbocycles. The van der Waals surface area contributed by atoms with Crippen LogP contribution < -0.4 is 0 Å². The van der Waals surface area contributed by atoms with Crippen LogP contribution in [-0.4, -0.2) is 16.7 Å². The van der Waals surface area contributed by atoms with Crippen LogP contribution in [-0.2, 0) is 9.59 Å². The first-order valence-corrected chi connectivity index (χ1v) is 6.53. The SMILES string of the molecule is CC1=C(C)C(=O)N(C(C)c2cccc(Br)c2)C1=O. The minimum absolute atomic E-state index is 0.190. The molecule has 0 saturated heterocycles. The third kappa shape index (κ3) is 2.01. The second kappa shape index (κ2) is 4.69. The molecule has 0 aromatic heterocycles. The Balaban J connectivity index is 2.35. The second-order valence-electron chi connectivity index (χ2n) is 4.46. The second-order valence-corrected chi connectivity index (χ2v) is 5.38. The van der Waals surface area contributed by atoms with E-state index in [-0.39, 0.29) is 17.9 Å². The van der Waals surface area contributed by atoms with Gasteiger partial charge in [0, 0.05) is 15.6 Å². The smallest absolute Gasteiger partial charge is 0.257 e. The zero-order chi connectivity index (χ0) is 13.4. The number of hydrogen-bond acceptors (Lipinski definition) is 2. The van der Waals surface area contributed by atoms with Gasteiger partial charge in [-0.2, -0.15) is 0 Å². The van der Waals surface area contributed by atoms with E-state index in [1.54, 1.807) is 13.8 Å². The molecular formula is C14H14BrNO2. The predicted molar refractivity (Wildman–Crippen MR) is 72.8 cm³/mol. The van der Waals surface area contributed by atoms with E-state index in [2.05, 4.69) is 15.9 Å². The molecule has 0 bridgehead atoms.